The quantitative estimate of drug-likeness (QED) is 0.387. The van der Waals surface area contributed by atoms with Crippen LogP contribution in [0.15, 0.2) is 59.9 Å². The monoisotopic (exact) mass is 526 g/mol. The van der Waals surface area contributed by atoms with Gasteiger partial charge in [-0.05, 0) is 48.1 Å². The number of rotatable bonds is 6. The van der Waals surface area contributed by atoms with E-state index in [9.17, 15) is 8.42 Å². The number of benzene rings is 1. The van der Waals surface area contributed by atoms with Crippen molar-refractivity contribution >= 4 is 58.0 Å². The number of nitrogens with zero attached hydrogens (tertiary/aromatic N) is 5. The third-order valence-electron chi connectivity index (χ3n) is 6.10. The Morgan fingerprint density at radius 2 is 1.91 bits per heavy atom. The van der Waals surface area contributed by atoms with E-state index in [1.165, 1.54) is 16.4 Å². The normalized spacial score (nSPS) is 15.5. The SMILES string of the molecule is [B]c1cnn2c(NCc3cccnc3)cc(C3CCN(S(=O)(=O)c4cc(Cl)ccc4Cl)CC3)nc12. The number of halogens is 2. The van der Waals surface area contributed by atoms with Crippen LogP contribution in [0.2, 0.25) is 10.0 Å². The van der Waals surface area contributed by atoms with Gasteiger partial charge in [0, 0.05) is 60.9 Å². The van der Waals surface area contributed by atoms with Crippen LogP contribution in [-0.2, 0) is 16.6 Å². The molecule has 1 aliphatic rings. The molecule has 2 radical (unpaired) electrons. The lowest BCUT2D eigenvalue weighted by Gasteiger charge is -2.31. The first kappa shape index (κ1) is 24.1. The first-order valence-corrected chi connectivity index (χ1v) is 13.2. The van der Waals surface area contributed by atoms with Crippen molar-refractivity contribution < 1.29 is 8.42 Å². The molecule has 0 saturated carbocycles. The fraction of sp³-hybridized carbons (Fsp3) is 0.261. The molecule has 4 heterocycles. The van der Waals surface area contributed by atoms with E-state index in [1.54, 1.807) is 29.2 Å². The molecule has 3 aromatic heterocycles. The van der Waals surface area contributed by atoms with Gasteiger partial charge in [-0.3, -0.25) is 4.98 Å². The summed E-state index contributed by atoms with van der Waals surface area (Å²) in [5.41, 5.74) is 2.91. The van der Waals surface area contributed by atoms with Crippen LogP contribution in [0, 0.1) is 0 Å². The topological polar surface area (TPSA) is 92.5 Å². The second-order valence-corrected chi connectivity index (χ2v) is 11.1. The van der Waals surface area contributed by atoms with Crippen molar-refractivity contribution in [2.45, 2.75) is 30.2 Å². The minimum absolute atomic E-state index is 0.0265. The van der Waals surface area contributed by atoms with Gasteiger partial charge in [-0.15, -0.1) is 0 Å². The predicted octanol–water partition coefficient (Wildman–Crippen LogP) is 3.41. The zero-order valence-electron chi connectivity index (χ0n) is 18.6. The predicted molar refractivity (Wildman–Crippen MR) is 137 cm³/mol. The van der Waals surface area contributed by atoms with E-state index in [4.69, 9.17) is 36.0 Å². The maximum Gasteiger partial charge on any atom is 0.244 e. The number of hydrogen-bond donors (Lipinski definition) is 1. The molecule has 1 aliphatic heterocycles. The van der Waals surface area contributed by atoms with Crippen LogP contribution in [0.5, 0.6) is 0 Å². The Bertz CT molecular complexity index is 1470. The molecule has 0 aliphatic carbocycles. The molecule has 1 saturated heterocycles. The number of piperidine rings is 1. The number of hydrogen-bond acceptors (Lipinski definition) is 6. The van der Waals surface area contributed by atoms with Gasteiger partial charge < -0.3 is 5.32 Å². The molecule has 12 heteroatoms. The van der Waals surface area contributed by atoms with Crippen molar-refractivity contribution in [1.82, 2.24) is 23.9 Å². The molecule has 0 bridgehead atoms. The summed E-state index contributed by atoms with van der Waals surface area (Å²) in [7, 11) is 2.37. The first-order chi connectivity index (χ1) is 16.8. The summed E-state index contributed by atoms with van der Waals surface area (Å²) in [4.78, 5) is 8.94. The Kier molecular flexibility index (Phi) is 6.72. The van der Waals surface area contributed by atoms with Crippen LogP contribution in [0.3, 0.4) is 0 Å². The fourth-order valence-corrected chi connectivity index (χ4v) is 6.44. The molecule has 178 valence electrons. The summed E-state index contributed by atoms with van der Waals surface area (Å²) in [5.74, 6) is 0.820. The Morgan fingerprint density at radius 1 is 1.11 bits per heavy atom. The van der Waals surface area contributed by atoms with Crippen LogP contribution in [0.1, 0.15) is 30.0 Å². The van der Waals surface area contributed by atoms with Crippen molar-refractivity contribution in [2.75, 3.05) is 18.4 Å². The minimum Gasteiger partial charge on any atom is -0.366 e. The Balaban J connectivity index is 1.37. The third kappa shape index (κ3) is 4.88. The molecule has 4 aromatic rings. The molecule has 0 amide bonds. The summed E-state index contributed by atoms with van der Waals surface area (Å²) < 4.78 is 29.5. The summed E-state index contributed by atoms with van der Waals surface area (Å²) in [6.45, 7) is 1.25. The molecule has 1 fully saturated rings. The average molecular weight is 527 g/mol. The molecule has 0 atom stereocenters. The number of nitrogens with one attached hydrogen (secondary N) is 1. The van der Waals surface area contributed by atoms with Crippen molar-refractivity contribution in [1.29, 1.82) is 0 Å². The Hall–Kier alpha value is -2.66. The van der Waals surface area contributed by atoms with E-state index in [1.807, 2.05) is 18.2 Å². The summed E-state index contributed by atoms with van der Waals surface area (Å²) >= 11 is 12.2. The molecule has 0 unspecified atom stereocenters. The van der Waals surface area contributed by atoms with Gasteiger partial charge in [0.15, 0.2) is 0 Å². The number of pyridine rings is 1. The third-order valence-corrected chi connectivity index (χ3v) is 8.71. The van der Waals surface area contributed by atoms with Gasteiger partial charge in [-0.1, -0.05) is 29.3 Å². The standard InChI is InChI=1S/C23H21BCl2N6O2S/c24-18-14-29-32-22(28-13-15-2-1-7-27-12-15)11-20(30-23(18)32)16-5-8-31(9-6-16)35(33,34)21-10-17(25)3-4-19(21)26/h1-4,7,10-12,14,16,28H,5-6,8-9,13H2. The lowest BCUT2D eigenvalue weighted by Crippen LogP contribution is -2.38. The second kappa shape index (κ2) is 9.77. The van der Waals surface area contributed by atoms with E-state index in [0.717, 1.165) is 17.1 Å². The number of fused-ring (bicyclic) bond motifs is 1. The summed E-state index contributed by atoms with van der Waals surface area (Å²) in [5, 5.41) is 8.23. The van der Waals surface area contributed by atoms with Gasteiger partial charge >= 0.3 is 0 Å². The van der Waals surface area contributed by atoms with Crippen LogP contribution in [-0.4, -0.2) is 53.2 Å². The van der Waals surface area contributed by atoms with Gasteiger partial charge in [0.05, 0.1) is 5.02 Å². The van der Waals surface area contributed by atoms with Gasteiger partial charge in [0.1, 0.15) is 24.2 Å². The van der Waals surface area contributed by atoms with E-state index in [0.29, 0.717) is 48.6 Å². The van der Waals surface area contributed by atoms with Crippen molar-refractivity contribution in [3.63, 3.8) is 0 Å². The van der Waals surface area contributed by atoms with E-state index in [-0.39, 0.29) is 15.8 Å². The van der Waals surface area contributed by atoms with Gasteiger partial charge in [-0.2, -0.15) is 13.9 Å². The van der Waals surface area contributed by atoms with Crippen molar-refractivity contribution in [3.8, 4) is 0 Å². The molecule has 8 nitrogen and oxygen atoms in total. The van der Waals surface area contributed by atoms with Crippen LogP contribution in [0.4, 0.5) is 5.82 Å². The number of anilines is 1. The lowest BCUT2D eigenvalue weighted by molar-refractivity contribution is 0.317. The minimum atomic E-state index is -3.76. The summed E-state index contributed by atoms with van der Waals surface area (Å²) in [6, 6.07) is 10.3. The fourth-order valence-electron chi connectivity index (χ4n) is 4.23. The van der Waals surface area contributed by atoms with Crippen LogP contribution >= 0.6 is 23.2 Å². The molecule has 0 spiro atoms. The maximum absolute atomic E-state index is 13.2. The average Bonchev–Trinajstić information content (AvgIpc) is 3.25. The molecule has 1 aromatic carbocycles. The van der Waals surface area contributed by atoms with Crippen molar-refractivity contribution in [2.24, 2.45) is 0 Å². The highest BCUT2D eigenvalue weighted by Gasteiger charge is 2.32. The highest BCUT2D eigenvalue weighted by Crippen LogP contribution is 2.33. The van der Waals surface area contributed by atoms with Gasteiger partial charge in [0.2, 0.25) is 10.0 Å². The van der Waals surface area contributed by atoms with E-state index in [2.05, 4.69) is 15.4 Å². The molecule has 5 rings (SSSR count). The molecular formula is C23H21BCl2N6O2S. The largest absolute Gasteiger partial charge is 0.366 e. The Morgan fingerprint density at radius 3 is 2.66 bits per heavy atom. The second-order valence-electron chi connectivity index (χ2n) is 8.37. The first-order valence-electron chi connectivity index (χ1n) is 11.0. The van der Waals surface area contributed by atoms with Crippen molar-refractivity contribution in [3.05, 3.63) is 76.3 Å². The smallest absolute Gasteiger partial charge is 0.244 e. The maximum atomic E-state index is 13.2. The zero-order chi connectivity index (χ0) is 24.6. The highest BCUT2D eigenvalue weighted by molar-refractivity contribution is 7.89. The highest BCUT2D eigenvalue weighted by atomic mass is 35.5. The summed E-state index contributed by atoms with van der Waals surface area (Å²) in [6.07, 6.45) is 6.32. The molecule has 35 heavy (non-hydrogen) atoms. The zero-order valence-corrected chi connectivity index (χ0v) is 20.9. The Labute approximate surface area is 214 Å². The lowest BCUT2D eigenvalue weighted by atomic mass is 9.94. The van der Waals surface area contributed by atoms with Crippen LogP contribution in [0.25, 0.3) is 5.65 Å². The number of aromatic nitrogens is 4. The van der Waals surface area contributed by atoms with E-state index >= 15 is 0 Å². The van der Waals surface area contributed by atoms with Crippen LogP contribution < -0.4 is 10.8 Å². The van der Waals surface area contributed by atoms with Gasteiger partial charge in [0.25, 0.3) is 0 Å². The van der Waals surface area contributed by atoms with E-state index < -0.39 is 10.0 Å². The molecule has 1 N–H and O–H groups in total. The van der Waals surface area contributed by atoms with Gasteiger partial charge in [-0.25, -0.2) is 13.4 Å². The number of sulfonamides is 1. The molecular weight excluding hydrogens is 506 g/mol.